The first-order valence-corrected chi connectivity index (χ1v) is 7.09. The van der Waals surface area contributed by atoms with Gasteiger partial charge >= 0.3 is 0 Å². The van der Waals surface area contributed by atoms with Crippen molar-refractivity contribution in [2.45, 2.75) is 0 Å². The van der Waals surface area contributed by atoms with E-state index in [0.717, 1.165) is 5.75 Å². The average molecular weight is 325 g/mol. The number of hydrogen-bond acceptors (Lipinski definition) is 3. The third-order valence-electron chi connectivity index (χ3n) is 2.80. The zero-order valence-corrected chi connectivity index (χ0v) is 12.9. The highest BCUT2D eigenvalue weighted by molar-refractivity contribution is 6.34. The molecule has 110 valence electrons. The zero-order valence-electron chi connectivity index (χ0n) is 11.4. The number of para-hydroxylation sites is 1. The number of carbonyl (C=O) groups is 1. The Labute approximate surface area is 133 Å². The SMILES string of the molecule is CN(CCOc1ccccc1)C(=O)c1nc(Cl)ccc1Cl. The van der Waals surface area contributed by atoms with E-state index in [1.807, 2.05) is 30.3 Å². The van der Waals surface area contributed by atoms with Gasteiger partial charge in [-0.25, -0.2) is 4.98 Å². The number of hydrogen-bond donors (Lipinski definition) is 0. The Balaban J connectivity index is 1.92. The number of halogens is 2. The second kappa shape index (κ2) is 7.29. The Hall–Kier alpha value is -1.78. The van der Waals surface area contributed by atoms with Crippen molar-refractivity contribution in [2.24, 2.45) is 0 Å². The van der Waals surface area contributed by atoms with Gasteiger partial charge < -0.3 is 9.64 Å². The maximum Gasteiger partial charge on any atom is 0.273 e. The fourth-order valence-corrected chi connectivity index (χ4v) is 2.00. The topological polar surface area (TPSA) is 42.4 Å². The summed E-state index contributed by atoms with van der Waals surface area (Å²) in [5.41, 5.74) is 0.145. The number of nitrogens with zero attached hydrogens (tertiary/aromatic N) is 2. The van der Waals surface area contributed by atoms with Gasteiger partial charge in [0.2, 0.25) is 0 Å². The van der Waals surface area contributed by atoms with Gasteiger partial charge in [0.1, 0.15) is 23.2 Å². The summed E-state index contributed by atoms with van der Waals surface area (Å²) in [5, 5.41) is 0.511. The van der Waals surface area contributed by atoms with Gasteiger partial charge in [0.25, 0.3) is 5.91 Å². The minimum atomic E-state index is -0.292. The number of likely N-dealkylation sites (N-methyl/N-ethyl adjacent to an activating group) is 1. The number of pyridine rings is 1. The lowest BCUT2D eigenvalue weighted by molar-refractivity contribution is 0.0768. The van der Waals surface area contributed by atoms with E-state index >= 15 is 0 Å². The average Bonchev–Trinajstić information content (AvgIpc) is 2.50. The van der Waals surface area contributed by atoms with Gasteiger partial charge in [-0.05, 0) is 24.3 Å². The summed E-state index contributed by atoms with van der Waals surface area (Å²) in [6.45, 7) is 0.794. The summed E-state index contributed by atoms with van der Waals surface area (Å²) < 4.78 is 5.54. The zero-order chi connectivity index (χ0) is 15.2. The molecule has 1 aromatic heterocycles. The quantitative estimate of drug-likeness (QED) is 0.790. The van der Waals surface area contributed by atoms with Gasteiger partial charge in [0, 0.05) is 7.05 Å². The van der Waals surface area contributed by atoms with Crippen LogP contribution in [0.15, 0.2) is 42.5 Å². The highest BCUT2D eigenvalue weighted by Gasteiger charge is 2.17. The maximum atomic E-state index is 12.2. The van der Waals surface area contributed by atoms with Crippen LogP contribution in [-0.4, -0.2) is 36.0 Å². The Kier molecular flexibility index (Phi) is 5.42. The summed E-state index contributed by atoms with van der Waals surface area (Å²) in [7, 11) is 1.66. The monoisotopic (exact) mass is 324 g/mol. The lowest BCUT2D eigenvalue weighted by Crippen LogP contribution is -2.31. The Morgan fingerprint density at radius 2 is 1.90 bits per heavy atom. The van der Waals surface area contributed by atoms with Crippen LogP contribution in [-0.2, 0) is 0 Å². The molecule has 1 aromatic carbocycles. The second-order valence-corrected chi connectivity index (χ2v) is 5.15. The van der Waals surface area contributed by atoms with E-state index in [1.54, 1.807) is 19.2 Å². The number of carbonyl (C=O) groups excluding carboxylic acids is 1. The van der Waals surface area contributed by atoms with E-state index in [0.29, 0.717) is 13.2 Å². The van der Waals surface area contributed by atoms with Crippen LogP contribution in [0, 0.1) is 0 Å². The highest BCUT2D eigenvalue weighted by Crippen LogP contribution is 2.18. The fourth-order valence-electron chi connectivity index (χ4n) is 1.67. The van der Waals surface area contributed by atoms with Crippen LogP contribution in [0.4, 0.5) is 0 Å². The predicted octanol–water partition coefficient (Wildman–Crippen LogP) is 3.54. The van der Waals surface area contributed by atoms with Crippen molar-refractivity contribution >= 4 is 29.1 Å². The third kappa shape index (κ3) is 4.34. The molecule has 0 aliphatic carbocycles. The molecule has 1 amide bonds. The molecule has 4 nitrogen and oxygen atoms in total. The minimum Gasteiger partial charge on any atom is -0.492 e. The standard InChI is InChI=1S/C15H14Cl2N2O2/c1-19(9-10-21-11-5-3-2-4-6-11)15(20)14-12(16)7-8-13(17)18-14/h2-8H,9-10H2,1H3. The van der Waals surface area contributed by atoms with Gasteiger partial charge in [0.15, 0.2) is 0 Å². The normalized spacial score (nSPS) is 10.2. The van der Waals surface area contributed by atoms with Crippen molar-refractivity contribution in [1.29, 1.82) is 0 Å². The highest BCUT2D eigenvalue weighted by atomic mass is 35.5. The van der Waals surface area contributed by atoms with Crippen molar-refractivity contribution in [1.82, 2.24) is 9.88 Å². The molecule has 0 fully saturated rings. The van der Waals surface area contributed by atoms with Crippen LogP contribution in [0.25, 0.3) is 0 Å². The predicted molar refractivity (Wildman–Crippen MR) is 83.2 cm³/mol. The van der Waals surface area contributed by atoms with E-state index in [1.165, 1.54) is 4.90 Å². The first-order chi connectivity index (χ1) is 10.1. The van der Waals surface area contributed by atoms with Crippen molar-refractivity contribution in [3.05, 3.63) is 58.3 Å². The van der Waals surface area contributed by atoms with Crippen LogP contribution in [0.5, 0.6) is 5.75 Å². The molecule has 2 rings (SSSR count). The molecule has 0 radical (unpaired) electrons. The van der Waals surface area contributed by atoms with Crippen LogP contribution in [0.2, 0.25) is 10.2 Å². The summed E-state index contributed by atoms with van der Waals surface area (Å²) in [4.78, 5) is 17.7. The molecule has 0 spiro atoms. The molecule has 0 N–H and O–H groups in total. The summed E-state index contributed by atoms with van der Waals surface area (Å²) in [6.07, 6.45) is 0. The van der Waals surface area contributed by atoms with Gasteiger partial charge in [-0.15, -0.1) is 0 Å². The maximum absolute atomic E-state index is 12.2. The molecular formula is C15H14Cl2N2O2. The molecule has 0 saturated carbocycles. The van der Waals surface area contributed by atoms with Crippen molar-refractivity contribution in [2.75, 3.05) is 20.2 Å². The molecule has 6 heteroatoms. The number of rotatable bonds is 5. The molecule has 21 heavy (non-hydrogen) atoms. The largest absolute Gasteiger partial charge is 0.492 e. The second-order valence-electron chi connectivity index (χ2n) is 4.35. The molecule has 0 saturated heterocycles. The molecule has 2 aromatic rings. The molecule has 0 unspecified atom stereocenters. The van der Waals surface area contributed by atoms with Crippen LogP contribution < -0.4 is 4.74 Å². The van der Waals surface area contributed by atoms with Crippen molar-refractivity contribution < 1.29 is 9.53 Å². The van der Waals surface area contributed by atoms with Crippen molar-refractivity contribution in [3.8, 4) is 5.75 Å². The molecular weight excluding hydrogens is 311 g/mol. The van der Waals surface area contributed by atoms with Crippen molar-refractivity contribution in [3.63, 3.8) is 0 Å². The summed E-state index contributed by atoms with van der Waals surface area (Å²) in [6, 6.07) is 12.5. The molecule has 0 aliphatic rings. The number of benzene rings is 1. The third-order valence-corrected chi connectivity index (χ3v) is 3.32. The van der Waals surface area contributed by atoms with E-state index in [-0.39, 0.29) is 21.8 Å². The molecule has 0 atom stereocenters. The van der Waals surface area contributed by atoms with E-state index in [2.05, 4.69) is 4.98 Å². The number of aromatic nitrogens is 1. The lowest BCUT2D eigenvalue weighted by atomic mass is 10.3. The first kappa shape index (κ1) is 15.6. The van der Waals surface area contributed by atoms with E-state index in [9.17, 15) is 4.79 Å². The smallest absolute Gasteiger partial charge is 0.273 e. The van der Waals surface area contributed by atoms with Gasteiger partial charge in [-0.1, -0.05) is 41.4 Å². The molecule has 0 aliphatic heterocycles. The summed E-state index contributed by atoms with van der Waals surface area (Å²) in [5.74, 6) is 0.469. The number of amides is 1. The number of ether oxygens (including phenoxy) is 1. The van der Waals surface area contributed by atoms with E-state index in [4.69, 9.17) is 27.9 Å². The van der Waals surface area contributed by atoms with Gasteiger partial charge in [-0.3, -0.25) is 4.79 Å². The molecule has 1 heterocycles. The Bertz CT molecular complexity index is 620. The summed E-state index contributed by atoms with van der Waals surface area (Å²) >= 11 is 11.7. The molecule has 0 bridgehead atoms. The van der Waals surface area contributed by atoms with Crippen LogP contribution >= 0.6 is 23.2 Å². The van der Waals surface area contributed by atoms with Crippen LogP contribution in [0.1, 0.15) is 10.5 Å². The Morgan fingerprint density at radius 3 is 2.62 bits per heavy atom. The lowest BCUT2D eigenvalue weighted by Gasteiger charge is -2.17. The Morgan fingerprint density at radius 1 is 1.19 bits per heavy atom. The van der Waals surface area contributed by atoms with Gasteiger partial charge in [-0.2, -0.15) is 0 Å². The van der Waals surface area contributed by atoms with Gasteiger partial charge in [0.05, 0.1) is 11.6 Å². The van der Waals surface area contributed by atoms with Crippen LogP contribution in [0.3, 0.4) is 0 Å². The first-order valence-electron chi connectivity index (χ1n) is 6.33. The van der Waals surface area contributed by atoms with E-state index < -0.39 is 0 Å². The fraction of sp³-hybridized carbons (Fsp3) is 0.200. The minimum absolute atomic E-state index is 0.145.